The third-order valence-corrected chi connectivity index (χ3v) is 5.44. The topological polar surface area (TPSA) is 84.4 Å². The number of benzene rings is 2. The fourth-order valence-electron chi connectivity index (χ4n) is 3.61. The Bertz CT molecular complexity index is 1080. The Labute approximate surface area is 186 Å². The van der Waals surface area contributed by atoms with Gasteiger partial charge >= 0.3 is 0 Å². The number of hydrogen-bond acceptors (Lipinski definition) is 8. The first kappa shape index (κ1) is 21.3. The van der Waals surface area contributed by atoms with E-state index in [0.29, 0.717) is 18.4 Å². The van der Waals surface area contributed by atoms with E-state index < -0.39 is 0 Å². The first-order chi connectivity index (χ1) is 15.1. The molecule has 0 radical (unpaired) electrons. The maximum atomic E-state index is 6.26. The van der Waals surface area contributed by atoms with E-state index in [1.807, 2.05) is 24.3 Å². The molecular weight excluding hydrogens is 416 g/mol. The summed E-state index contributed by atoms with van der Waals surface area (Å²) < 4.78 is 10.9. The van der Waals surface area contributed by atoms with Gasteiger partial charge in [-0.15, -0.1) is 10.2 Å². The zero-order valence-electron chi connectivity index (χ0n) is 17.8. The monoisotopic (exact) mass is 440 g/mol. The second kappa shape index (κ2) is 9.47. The Morgan fingerprint density at radius 1 is 1.06 bits per heavy atom. The molecule has 0 saturated carbocycles. The molecule has 0 saturated heterocycles. The predicted molar refractivity (Wildman–Crippen MR) is 122 cm³/mol. The van der Waals surface area contributed by atoms with Crippen molar-refractivity contribution in [3.8, 4) is 5.75 Å². The van der Waals surface area contributed by atoms with Crippen LogP contribution >= 0.6 is 11.6 Å². The first-order valence-electron chi connectivity index (χ1n) is 9.97. The first-order valence-corrected chi connectivity index (χ1v) is 10.3. The van der Waals surface area contributed by atoms with Gasteiger partial charge < -0.3 is 25.0 Å². The predicted octanol–water partition coefficient (Wildman–Crippen LogP) is 4.16. The van der Waals surface area contributed by atoms with Crippen LogP contribution in [0.1, 0.15) is 16.7 Å². The molecular formula is C22H25ClN6O2. The van der Waals surface area contributed by atoms with Gasteiger partial charge in [0.05, 0.1) is 19.4 Å². The van der Waals surface area contributed by atoms with Gasteiger partial charge in [-0.25, -0.2) is 0 Å². The number of rotatable bonds is 7. The van der Waals surface area contributed by atoms with Gasteiger partial charge in [0.15, 0.2) is 11.0 Å². The second-order valence-electron chi connectivity index (χ2n) is 7.42. The molecule has 2 heterocycles. The number of anilines is 4. The minimum absolute atomic E-state index is 0.178. The lowest BCUT2D eigenvalue weighted by molar-refractivity contribution is 0.185. The summed E-state index contributed by atoms with van der Waals surface area (Å²) >= 11 is 6.26. The van der Waals surface area contributed by atoms with Crippen LogP contribution in [0.2, 0.25) is 5.15 Å². The third-order valence-electron chi connectivity index (χ3n) is 5.19. The van der Waals surface area contributed by atoms with E-state index in [1.54, 1.807) is 14.2 Å². The summed E-state index contributed by atoms with van der Waals surface area (Å²) in [5.41, 5.74) is 5.16. The van der Waals surface area contributed by atoms with Crippen molar-refractivity contribution in [3.05, 3.63) is 58.2 Å². The smallest absolute Gasteiger partial charge is 0.249 e. The third kappa shape index (κ3) is 4.87. The quantitative estimate of drug-likeness (QED) is 0.566. The average Bonchev–Trinajstić information content (AvgIpc) is 2.77. The van der Waals surface area contributed by atoms with Gasteiger partial charge in [-0.1, -0.05) is 29.8 Å². The van der Waals surface area contributed by atoms with E-state index in [0.717, 1.165) is 42.2 Å². The standard InChI is InChI=1S/C22H25ClN6O2/c1-29-9-8-14-11-19(31-3)18(10-16(14)12-29)25-22-26-21(20(23)27-28-22)24-17-7-5-4-6-15(17)13-30-2/h4-7,10-11H,8-9,12-13H2,1-3H3,(H2,24,25,26,28). The van der Waals surface area contributed by atoms with Crippen molar-refractivity contribution in [1.82, 2.24) is 20.1 Å². The van der Waals surface area contributed by atoms with Crippen molar-refractivity contribution >= 4 is 34.7 Å². The van der Waals surface area contributed by atoms with Gasteiger partial charge in [0.25, 0.3) is 0 Å². The SMILES string of the molecule is COCc1ccccc1Nc1nc(Nc2cc3c(cc2OC)CCN(C)C3)nnc1Cl. The molecule has 9 heteroatoms. The van der Waals surface area contributed by atoms with Crippen molar-refractivity contribution in [3.63, 3.8) is 0 Å². The van der Waals surface area contributed by atoms with E-state index in [2.05, 4.69) is 49.9 Å². The lowest BCUT2D eigenvalue weighted by atomic mass is 9.99. The number of likely N-dealkylation sites (N-methyl/N-ethyl adjacent to an activating group) is 1. The minimum Gasteiger partial charge on any atom is -0.495 e. The van der Waals surface area contributed by atoms with E-state index >= 15 is 0 Å². The van der Waals surface area contributed by atoms with Crippen LogP contribution in [-0.2, 0) is 24.3 Å². The number of hydrogen-bond donors (Lipinski definition) is 2. The molecule has 162 valence electrons. The molecule has 8 nitrogen and oxygen atoms in total. The fourth-order valence-corrected chi connectivity index (χ4v) is 3.74. The van der Waals surface area contributed by atoms with Crippen LogP contribution in [0.4, 0.5) is 23.1 Å². The highest BCUT2D eigenvalue weighted by Gasteiger charge is 2.18. The van der Waals surface area contributed by atoms with Crippen molar-refractivity contribution in [2.24, 2.45) is 0 Å². The van der Waals surface area contributed by atoms with Gasteiger partial charge in [-0.3, -0.25) is 0 Å². The van der Waals surface area contributed by atoms with Crippen LogP contribution in [0.25, 0.3) is 0 Å². The zero-order valence-corrected chi connectivity index (χ0v) is 18.5. The number of methoxy groups -OCH3 is 2. The van der Waals surface area contributed by atoms with Crippen molar-refractivity contribution in [1.29, 1.82) is 0 Å². The summed E-state index contributed by atoms with van der Waals surface area (Å²) in [6.45, 7) is 2.38. The average molecular weight is 441 g/mol. The van der Waals surface area contributed by atoms with Crippen LogP contribution in [0.3, 0.4) is 0 Å². The second-order valence-corrected chi connectivity index (χ2v) is 7.78. The molecule has 0 fully saturated rings. The lowest BCUT2D eigenvalue weighted by Gasteiger charge is -2.26. The van der Waals surface area contributed by atoms with Gasteiger partial charge in [-0.2, -0.15) is 4.98 Å². The Morgan fingerprint density at radius 2 is 1.90 bits per heavy atom. The number of fused-ring (bicyclic) bond motifs is 1. The summed E-state index contributed by atoms with van der Waals surface area (Å²) in [7, 11) is 5.43. The highest BCUT2D eigenvalue weighted by atomic mass is 35.5. The molecule has 0 atom stereocenters. The number of nitrogens with one attached hydrogen (secondary N) is 2. The Kier molecular flexibility index (Phi) is 6.50. The summed E-state index contributed by atoms with van der Waals surface area (Å²) in [6.07, 6.45) is 0.996. The van der Waals surface area contributed by atoms with E-state index in [4.69, 9.17) is 21.1 Å². The normalized spacial score (nSPS) is 13.5. The summed E-state index contributed by atoms with van der Waals surface area (Å²) in [5, 5.41) is 14.8. The van der Waals surface area contributed by atoms with E-state index in [-0.39, 0.29) is 5.15 Å². The van der Waals surface area contributed by atoms with Gasteiger partial charge in [0, 0.05) is 31.5 Å². The number of para-hydroxylation sites is 1. The maximum Gasteiger partial charge on any atom is 0.249 e. The lowest BCUT2D eigenvalue weighted by Crippen LogP contribution is -2.26. The number of ether oxygens (including phenoxy) is 2. The highest BCUT2D eigenvalue weighted by Crippen LogP contribution is 2.33. The minimum atomic E-state index is 0.178. The van der Waals surface area contributed by atoms with Crippen LogP contribution < -0.4 is 15.4 Å². The molecule has 2 aromatic carbocycles. The number of nitrogens with zero attached hydrogens (tertiary/aromatic N) is 4. The van der Waals surface area contributed by atoms with Crippen LogP contribution in [0, 0.1) is 0 Å². The molecule has 2 N–H and O–H groups in total. The molecule has 0 aliphatic carbocycles. The molecule has 1 aliphatic rings. The van der Waals surface area contributed by atoms with Gasteiger partial charge in [0.1, 0.15) is 5.75 Å². The molecule has 0 unspecified atom stereocenters. The van der Waals surface area contributed by atoms with Gasteiger partial charge in [0.2, 0.25) is 5.95 Å². The van der Waals surface area contributed by atoms with Crippen molar-refractivity contribution < 1.29 is 9.47 Å². The van der Waals surface area contributed by atoms with Crippen LogP contribution in [-0.4, -0.2) is 47.9 Å². The molecule has 1 aromatic heterocycles. The van der Waals surface area contributed by atoms with Gasteiger partial charge in [-0.05, 0) is 42.8 Å². The largest absolute Gasteiger partial charge is 0.495 e. The summed E-state index contributed by atoms with van der Waals surface area (Å²) in [5.74, 6) is 1.46. The molecule has 1 aliphatic heterocycles. The van der Waals surface area contributed by atoms with E-state index in [9.17, 15) is 0 Å². The Morgan fingerprint density at radius 3 is 2.71 bits per heavy atom. The zero-order chi connectivity index (χ0) is 21.8. The fraction of sp³-hybridized carbons (Fsp3) is 0.318. The highest BCUT2D eigenvalue weighted by molar-refractivity contribution is 6.31. The number of aromatic nitrogens is 3. The molecule has 0 bridgehead atoms. The van der Waals surface area contributed by atoms with Crippen molar-refractivity contribution in [2.45, 2.75) is 19.6 Å². The maximum absolute atomic E-state index is 6.26. The molecule has 3 aromatic rings. The summed E-state index contributed by atoms with van der Waals surface area (Å²) in [6, 6.07) is 12.0. The van der Waals surface area contributed by atoms with Crippen LogP contribution in [0.15, 0.2) is 36.4 Å². The van der Waals surface area contributed by atoms with E-state index in [1.165, 1.54) is 11.1 Å². The molecule has 4 rings (SSSR count). The Balaban J connectivity index is 1.62. The Hall–Kier alpha value is -2.94. The number of halogens is 1. The molecule has 0 amide bonds. The molecule has 31 heavy (non-hydrogen) atoms. The molecule has 0 spiro atoms. The van der Waals surface area contributed by atoms with Crippen molar-refractivity contribution in [2.75, 3.05) is 38.4 Å². The van der Waals surface area contributed by atoms with Crippen LogP contribution in [0.5, 0.6) is 5.75 Å². The summed E-state index contributed by atoms with van der Waals surface area (Å²) in [4.78, 5) is 6.82.